The molecule has 12 heteroatoms. The van der Waals surface area contributed by atoms with Crippen molar-refractivity contribution in [1.29, 1.82) is 0 Å². The molecule has 39 heavy (non-hydrogen) atoms. The summed E-state index contributed by atoms with van der Waals surface area (Å²) in [6, 6.07) is 9.47. The van der Waals surface area contributed by atoms with Crippen molar-refractivity contribution in [3.05, 3.63) is 65.1 Å². The van der Waals surface area contributed by atoms with E-state index >= 15 is 0 Å². The molecule has 1 aliphatic rings. The number of amides is 2. The molecule has 11 nitrogen and oxygen atoms in total. The summed E-state index contributed by atoms with van der Waals surface area (Å²) in [5.41, 5.74) is 8.99. The van der Waals surface area contributed by atoms with Gasteiger partial charge in [-0.15, -0.1) is 0 Å². The average molecular weight is 533 g/mol. The van der Waals surface area contributed by atoms with Crippen molar-refractivity contribution in [2.75, 3.05) is 49.9 Å². The molecule has 0 atom stereocenters. The fourth-order valence-electron chi connectivity index (χ4n) is 4.58. The number of hydrogen-bond acceptors (Lipinski definition) is 8. The number of halogens is 1. The molecule has 0 unspecified atom stereocenters. The van der Waals surface area contributed by atoms with Crippen LogP contribution in [0.25, 0.3) is 11.0 Å². The monoisotopic (exact) mass is 532 g/mol. The van der Waals surface area contributed by atoms with Crippen LogP contribution in [0.2, 0.25) is 0 Å². The van der Waals surface area contributed by atoms with Crippen LogP contribution in [0, 0.1) is 12.7 Å². The van der Waals surface area contributed by atoms with E-state index in [-0.39, 0.29) is 17.4 Å². The Morgan fingerprint density at radius 2 is 2.00 bits per heavy atom. The summed E-state index contributed by atoms with van der Waals surface area (Å²) < 4.78 is 19.7. The molecule has 0 fully saturated rings. The number of nitrogens with zero attached hydrogens (tertiary/aromatic N) is 4. The van der Waals surface area contributed by atoms with Crippen LogP contribution in [0.5, 0.6) is 5.75 Å². The molecule has 4 N–H and O–H groups in total. The Morgan fingerprint density at radius 3 is 2.74 bits per heavy atom. The zero-order valence-electron chi connectivity index (χ0n) is 22.1. The van der Waals surface area contributed by atoms with Crippen molar-refractivity contribution in [3.8, 4) is 5.75 Å². The number of H-pyrrole nitrogens is 1. The number of nitrogens with one attached hydrogen (secondary N) is 4. The maximum Gasteiger partial charge on any atom is 0.272 e. The summed E-state index contributed by atoms with van der Waals surface area (Å²) in [6.45, 7) is 2.77. The van der Waals surface area contributed by atoms with E-state index in [1.807, 2.05) is 38.1 Å². The number of rotatable bonds is 8. The number of likely N-dealkylation sites (N-methyl/N-ethyl adjacent to an activating group) is 1. The largest absolute Gasteiger partial charge is 0.495 e. The maximum absolute atomic E-state index is 14.1. The lowest BCUT2D eigenvalue weighted by Gasteiger charge is -2.21. The normalized spacial score (nSPS) is 12.5. The van der Waals surface area contributed by atoms with Gasteiger partial charge < -0.3 is 24.8 Å². The number of ether oxygens (including phenoxy) is 1. The lowest BCUT2D eigenvalue weighted by Crippen LogP contribution is -2.36. The molecule has 2 aromatic carbocycles. The van der Waals surface area contributed by atoms with Gasteiger partial charge in [-0.25, -0.2) is 4.39 Å². The highest BCUT2D eigenvalue weighted by Gasteiger charge is 2.27. The topological polar surface area (TPSA) is 128 Å². The van der Waals surface area contributed by atoms with Crippen LogP contribution >= 0.6 is 0 Å². The fraction of sp³-hybridized carbons (Fsp3) is 0.259. The first-order chi connectivity index (χ1) is 18.7. The predicted octanol–water partition coefficient (Wildman–Crippen LogP) is 3.37. The Bertz CT molecular complexity index is 1570. The molecule has 4 aromatic rings. The van der Waals surface area contributed by atoms with E-state index in [0.29, 0.717) is 41.4 Å². The first kappa shape index (κ1) is 25.9. The van der Waals surface area contributed by atoms with Crippen LogP contribution in [0.1, 0.15) is 21.5 Å². The molecule has 1 aliphatic heterocycles. The van der Waals surface area contributed by atoms with Gasteiger partial charge in [0.25, 0.3) is 5.91 Å². The van der Waals surface area contributed by atoms with E-state index in [4.69, 9.17) is 4.74 Å². The highest BCUT2D eigenvalue weighted by atomic mass is 19.1. The summed E-state index contributed by atoms with van der Waals surface area (Å²) in [5.74, 6) is -0.170. The minimum atomic E-state index is -0.648. The SMILES string of the molecule is COc1cc2c(cc1Nc1nc(NNC(=O)c3ccccc3F)c3c(C)c[nH]c3n1)N(C(=O)CN(C)C)CC2. The Kier molecular flexibility index (Phi) is 7.03. The summed E-state index contributed by atoms with van der Waals surface area (Å²) >= 11 is 0. The molecule has 0 saturated carbocycles. The third kappa shape index (κ3) is 5.18. The smallest absolute Gasteiger partial charge is 0.272 e. The van der Waals surface area contributed by atoms with E-state index in [2.05, 4.69) is 31.1 Å². The molecule has 2 aromatic heterocycles. The summed E-state index contributed by atoms with van der Waals surface area (Å²) in [5, 5.41) is 3.86. The second kappa shape index (κ2) is 10.6. The van der Waals surface area contributed by atoms with Gasteiger partial charge in [-0.05, 0) is 62.8 Å². The number of carbonyl (C=O) groups is 2. The Labute approximate surface area is 224 Å². The van der Waals surface area contributed by atoms with Crippen molar-refractivity contribution >= 4 is 46.0 Å². The minimum Gasteiger partial charge on any atom is -0.495 e. The van der Waals surface area contributed by atoms with Crippen LogP contribution in [-0.4, -0.2) is 66.0 Å². The zero-order valence-corrected chi connectivity index (χ0v) is 22.1. The van der Waals surface area contributed by atoms with Crippen molar-refractivity contribution in [2.45, 2.75) is 13.3 Å². The van der Waals surface area contributed by atoms with Gasteiger partial charge in [0.05, 0.1) is 30.3 Å². The molecule has 0 radical (unpaired) electrons. The molecule has 0 aliphatic carbocycles. The number of anilines is 4. The van der Waals surface area contributed by atoms with E-state index < -0.39 is 11.7 Å². The molecular weight excluding hydrogens is 503 g/mol. The Morgan fingerprint density at radius 1 is 1.21 bits per heavy atom. The standard InChI is InChI=1S/C27H29FN8O3/c1-15-13-29-24-23(15)25(33-34-26(38)17-7-5-6-8-18(17)28)32-27(31-24)30-19-12-20-16(11-21(19)39-4)9-10-36(20)22(37)14-35(2)3/h5-8,11-13H,9-10,14H2,1-4H3,(H,34,38)(H3,29,30,31,32,33). The van der Waals surface area contributed by atoms with Gasteiger partial charge in [0.15, 0.2) is 5.82 Å². The Hall–Kier alpha value is -4.71. The second-order valence-electron chi connectivity index (χ2n) is 9.49. The summed E-state index contributed by atoms with van der Waals surface area (Å²) in [6.07, 6.45) is 2.50. The first-order valence-electron chi connectivity index (χ1n) is 12.3. The fourth-order valence-corrected chi connectivity index (χ4v) is 4.58. The maximum atomic E-state index is 14.1. The van der Waals surface area contributed by atoms with Gasteiger partial charge in [0.1, 0.15) is 17.2 Å². The van der Waals surface area contributed by atoms with Gasteiger partial charge in [-0.1, -0.05) is 12.1 Å². The van der Waals surface area contributed by atoms with Crippen molar-refractivity contribution < 1.29 is 18.7 Å². The summed E-state index contributed by atoms with van der Waals surface area (Å²) in [4.78, 5) is 41.3. The number of hydrogen-bond donors (Lipinski definition) is 4. The third-order valence-corrected chi connectivity index (χ3v) is 6.44. The van der Waals surface area contributed by atoms with Crippen LogP contribution in [0.4, 0.5) is 27.5 Å². The Balaban J connectivity index is 1.45. The molecule has 0 bridgehead atoms. The van der Waals surface area contributed by atoms with Crippen LogP contribution in [-0.2, 0) is 11.2 Å². The van der Waals surface area contributed by atoms with E-state index in [0.717, 1.165) is 23.2 Å². The van der Waals surface area contributed by atoms with E-state index in [1.165, 1.54) is 18.2 Å². The summed E-state index contributed by atoms with van der Waals surface area (Å²) in [7, 11) is 5.28. The van der Waals surface area contributed by atoms with Crippen LogP contribution in [0.15, 0.2) is 42.6 Å². The molecule has 5 rings (SSSR count). The highest BCUT2D eigenvalue weighted by Crippen LogP contribution is 2.38. The predicted molar refractivity (Wildman–Crippen MR) is 147 cm³/mol. The van der Waals surface area contributed by atoms with Gasteiger partial charge >= 0.3 is 0 Å². The lowest BCUT2D eigenvalue weighted by molar-refractivity contribution is -0.119. The molecular formula is C27H29FN8O3. The zero-order chi connectivity index (χ0) is 27.7. The quantitative estimate of drug-likeness (QED) is 0.255. The minimum absolute atomic E-state index is 0.00600. The van der Waals surface area contributed by atoms with E-state index in [9.17, 15) is 14.0 Å². The molecule has 0 spiro atoms. The van der Waals surface area contributed by atoms with Crippen molar-refractivity contribution in [3.63, 3.8) is 0 Å². The number of fused-ring (bicyclic) bond motifs is 2. The molecule has 2 amide bonds. The average Bonchev–Trinajstić information content (AvgIpc) is 3.49. The number of benzene rings is 2. The lowest BCUT2D eigenvalue weighted by atomic mass is 10.1. The number of methoxy groups -OCH3 is 1. The molecule has 3 heterocycles. The van der Waals surface area contributed by atoms with Gasteiger partial charge in [0.2, 0.25) is 11.9 Å². The van der Waals surface area contributed by atoms with Gasteiger partial charge in [0, 0.05) is 18.4 Å². The van der Waals surface area contributed by atoms with Crippen LogP contribution in [0.3, 0.4) is 0 Å². The highest BCUT2D eigenvalue weighted by molar-refractivity contribution is 5.99. The van der Waals surface area contributed by atoms with Crippen LogP contribution < -0.4 is 25.8 Å². The molecule has 202 valence electrons. The number of aryl methyl sites for hydroxylation is 1. The third-order valence-electron chi connectivity index (χ3n) is 6.44. The van der Waals surface area contributed by atoms with Gasteiger partial charge in [-0.3, -0.25) is 20.4 Å². The van der Waals surface area contributed by atoms with Gasteiger partial charge in [-0.2, -0.15) is 9.97 Å². The second-order valence-corrected chi connectivity index (χ2v) is 9.49. The number of hydrazine groups is 1. The molecule has 0 saturated heterocycles. The van der Waals surface area contributed by atoms with Crippen molar-refractivity contribution in [1.82, 2.24) is 25.3 Å². The number of aromatic amines is 1. The number of carbonyl (C=O) groups excluding carboxylic acids is 2. The van der Waals surface area contributed by atoms with Crippen molar-refractivity contribution in [2.24, 2.45) is 0 Å². The van der Waals surface area contributed by atoms with E-state index in [1.54, 1.807) is 24.3 Å². The first-order valence-corrected chi connectivity index (χ1v) is 12.3. The number of aromatic nitrogens is 3.